The maximum absolute atomic E-state index is 15.0. The third kappa shape index (κ3) is 18.8. The summed E-state index contributed by atoms with van der Waals surface area (Å²) >= 11 is 0. The maximum Gasteiger partial charge on any atom is 0.245 e. The summed E-state index contributed by atoms with van der Waals surface area (Å²) < 4.78 is 13.7. The number of aromatic amines is 1. The van der Waals surface area contributed by atoms with Crippen LogP contribution in [0.1, 0.15) is 81.5 Å². The number of hydrogen-bond donors (Lipinski definition) is 12. The predicted molar refractivity (Wildman–Crippen MR) is 328 cm³/mol. The smallest absolute Gasteiger partial charge is 0.245 e. The average Bonchev–Trinajstić information content (AvgIpc) is 2.53. The molecule has 0 aliphatic carbocycles. The lowest BCUT2D eigenvalue weighted by atomic mass is 9.98. The number of nitrogens with one attached hydrogen (secondary N) is 8. The van der Waals surface area contributed by atoms with Gasteiger partial charge in [-0.25, -0.2) is 4.39 Å². The van der Waals surface area contributed by atoms with Gasteiger partial charge in [0.15, 0.2) is 5.96 Å². The summed E-state index contributed by atoms with van der Waals surface area (Å²) in [5.74, 6) is -6.41. The summed E-state index contributed by atoms with van der Waals surface area (Å²) in [5, 5.41) is 42.7. The lowest BCUT2D eigenvalue weighted by molar-refractivity contribution is -0.142. The fraction of sp³-hybridized carbons (Fsp3) is 0.391. The van der Waals surface area contributed by atoms with Crippen LogP contribution in [0, 0.1) is 11.7 Å². The Morgan fingerprint density at radius 1 is 0.667 bits per heavy atom. The van der Waals surface area contributed by atoms with E-state index >= 15 is 0 Å². The van der Waals surface area contributed by atoms with E-state index in [2.05, 4.69) is 47.2 Å². The lowest BCUT2D eigenvalue weighted by Gasteiger charge is -2.30. The Morgan fingerprint density at radius 2 is 1.24 bits per heavy atom. The molecule has 6 aromatic rings. The van der Waals surface area contributed by atoms with Crippen LogP contribution in [0.2, 0.25) is 0 Å². The number of guanidine groups is 1. The molecule has 462 valence electrons. The fourth-order valence-electron chi connectivity index (χ4n) is 10.7. The first-order chi connectivity index (χ1) is 41.8. The lowest BCUT2D eigenvalue weighted by Crippen LogP contribution is -2.61. The van der Waals surface area contributed by atoms with E-state index in [0.29, 0.717) is 41.6 Å². The molecular weight excluding hydrogens is 1120 g/mol. The Bertz CT molecular complexity index is 3380. The average molecular weight is 1200 g/mol. The molecule has 1 fully saturated rings. The minimum absolute atomic E-state index is 0.0294. The molecule has 0 spiro atoms. The van der Waals surface area contributed by atoms with Crippen LogP contribution >= 0.6 is 0 Å². The molecule has 7 rings (SSSR count). The Balaban J connectivity index is 1.14. The highest BCUT2D eigenvalue weighted by atomic mass is 19.1. The number of aryl methyl sites for hydroxylation is 1. The summed E-state index contributed by atoms with van der Waals surface area (Å²) in [6, 6.07) is 22.7. The molecule has 1 aliphatic rings. The van der Waals surface area contributed by atoms with Gasteiger partial charge in [0, 0.05) is 62.4 Å². The second-order valence-electron chi connectivity index (χ2n) is 22.2. The summed E-state index contributed by atoms with van der Waals surface area (Å²) in [6.07, 6.45) is 2.88. The zero-order valence-electron chi connectivity index (χ0n) is 49.2. The number of likely N-dealkylation sites (tertiary alicyclic amines) is 1. The largest absolute Gasteiger partial charge is 0.508 e. The summed E-state index contributed by atoms with van der Waals surface area (Å²) in [6.45, 7) is 5.28. The number of aromatic hydroxyl groups is 1. The number of aliphatic hydroxyl groups is 1. The zero-order chi connectivity index (χ0) is 62.6. The van der Waals surface area contributed by atoms with Crippen LogP contribution in [0.5, 0.6) is 5.75 Å². The monoisotopic (exact) mass is 1190 g/mol. The number of nitrogens with zero attached hydrogens (tertiary/aromatic N) is 2. The standard InChI is InChI=1S/C64H79FN12O10/c1-4-68-62(86)55-19-11-31-77(55)63(87)49(18-10-30-69-64(66)67)72-57(81)50(32-38(2)3)73-60(84)53(35-43-36-70-48-17-8-7-16-47(43)48)75-58(82)51(33-40-22-27-45(79)28-23-40)74-61(85)54(37-78)76-59(83)52(34-42-14-9-13-41-12-5-6-15-46(41)42)71-56(80)29-24-39-20-25-44(65)26-21-39/h5-9,12-17,20-23,25-28,36,38,49-55,70,78-79H,4,10-11,18-19,24,29-35,37H2,1-3H3,(H,68,86)(H,71,80)(H,72,81)(H,73,84)(H,74,85)(H,75,82)(H,76,83)(H4,66,67,69)/t49-,50-,51-,52?,53+,54-,55+/m0/s1. The molecule has 23 heteroatoms. The van der Waals surface area contributed by atoms with Crippen molar-refractivity contribution in [1.82, 2.24) is 47.1 Å². The van der Waals surface area contributed by atoms with Crippen molar-refractivity contribution < 1.29 is 53.0 Å². The van der Waals surface area contributed by atoms with E-state index in [1.165, 1.54) is 41.3 Å². The second-order valence-corrected chi connectivity index (χ2v) is 22.2. The number of benzene rings is 5. The number of likely N-dealkylation sites (N-methyl/N-ethyl adjacent to an activating group) is 1. The number of para-hydroxylation sites is 1. The van der Waals surface area contributed by atoms with E-state index in [-0.39, 0.29) is 88.0 Å². The van der Waals surface area contributed by atoms with Gasteiger partial charge in [-0.05, 0) is 115 Å². The molecule has 2 heterocycles. The molecule has 87 heavy (non-hydrogen) atoms. The Hall–Kier alpha value is -9.38. The second kappa shape index (κ2) is 31.7. The van der Waals surface area contributed by atoms with Crippen LogP contribution in [-0.4, -0.2) is 142 Å². The SMILES string of the molecule is CCNC(=O)[C@H]1CCCN1C(=O)[C@H](CCCN=C(N)N)NC(=O)[C@H](CC(C)C)NC(=O)[C@@H](Cc1c[nH]c2ccccc12)NC(=O)[C@H](Cc1ccc(O)cc1)NC(=O)[C@H](CO)NC(=O)C(Cc1cccc2ccccc12)NC(=O)CCc1ccc(F)cc1. The number of aliphatic imine (C=N–C) groups is 1. The van der Waals surface area contributed by atoms with Crippen molar-refractivity contribution in [2.24, 2.45) is 22.4 Å². The van der Waals surface area contributed by atoms with Gasteiger partial charge in [0.2, 0.25) is 47.3 Å². The number of carbonyl (C=O) groups is 8. The summed E-state index contributed by atoms with van der Waals surface area (Å²) in [7, 11) is 0. The minimum atomic E-state index is -1.69. The van der Waals surface area contributed by atoms with Gasteiger partial charge in [0.25, 0.3) is 0 Å². The first-order valence-electron chi connectivity index (χ1n) is 29.4. The highest BCUT2D eigenvalue weighted by Gasteiger charge is 2.39. The van der Waals surface area contributed by atoms with Crippen LogP contribution < -0.4 is 48.7 Å². The van der Waals surface area contributed by atoms with Gasteiger partial charge in [-0.3, -0.25) is 43.3 Å². The minimum Gasteiger partial charge on any atom is -0.508 e. The number of amides is 8. The number of halogens is 1. The van der Waals surface area contributed by atoms with Gasteiger partial charge in [-0.2, -0.15) is 0 Å². The Morgan fingerprint density at radius 3 is 1.92 bits per heavy atom. The first kappa shape index (κ1) is 65.2. The van der Waals surface area contributed by atoms with Crippen molar-refractivity contribution in [3.8, 4) is 5.75 Å². The van der Waals surface area contributed by atoms with Gasteiger partial charge < -0.3 is 68.8 Å². The predicted octanol–water partition coefficient (Wildman–Crippen LogP) is 2.95. The molecule has 0 radical (unpaired) electrons. The van der Waals surface area contributed by atoms with E-state index in [1.807, 2.05) is 80.6 Å². The molecule has 7 atom stereocenters. The number of carbonyl (C=O) groups excluding carboxylic acids is 8. The maximum atomic E-state index is 15.0. The van der Waals surface area contributed by atoms with E-state index in [0.717, 1.165) is 21.7 Å². The van der Waals surface area contributed by atoms with E-state index in [9.17, 15) is 53.0 Å². The number of aliphatic hydroxyl groups excluding tert-OH is 1. The van der Waals surface area contributed by atoms with Crippen molar-refractivity contribution in [2.45, 2.75) is 127 Å². The molecule has 1 aromatic heterocycles. The van der Waals surface area contributed by atoms with Gasteiger partial charge in [0.1, 0.15) is 53.9 Å². The first-order valence-corrected chi connectivity index (χ1v) is 29.4. The highest BCUT2D eigenvalue weighted by Crippen LogP contribution is 2.24. The number of nitrogens with two attached hydrogens (primary N) is 2. The third-order valence-electron chi connectivity index (χ3n) is 15.2. The topological polar surface area (TPSA) is 345 Å². The van der Waals surface area contributed by atoms with Crippen LogP contribution in [0.25, 0.3) is 21.7 Å². The Kier molecular flexibility index (Phi) is 23.7. The summed E-state index contributed by atoms with van der Waals surface area (Å²) in [5.41, 5.74) is 14.3. The van der Waals surface area contributed by atoms with E-state index < -0.39 is 96.1 Å². The number of aromatic nitrogens is 1. The highest BCUT2D eigenvalue weighted by molar-refractivity contribution is 5.99. The molecule has 1 aliphatic heterocycles. The molecule has 8 amide bonds. The molecule has 1 saturated heterocycles. The third-order valence-corrected chi connectivity index (χ3v) is 15.2. The van der Waals surface area contributed by atoms with Crippen LogP contribution in [0.3, 0.4) is 0 Å². The van der Waals surface area contributed by atoms with Crippen molar-refractivity contribution in [3.63, 3.8) is 0 Å². The molecule has 0 bridgehead atoms. The number of fused-ring (bicyclic) bond motifs is 2. The van der Waals surface area contributed by atoms with Gasteiger partial charge in [0.05, 0.1) is 6.61 Å². The number of rotatable bonds is 30. The van der Waals surface area contributed by atoms with Crippen molar-refractivity contribution in [3.05, 3.63) is 150 Å². The van der Waals surface area contributed by atoms with Crippen LogP contribution in [-0.2, 0) is 64.0 Å². The number of phenols is 1. The molecule has 1 unspecified atom stereocenters. The van der Waals surface area contributed by atoms with E-state index in [1.54, 1.807) is 25.3 Å². The summed E-state index contributed by atoms with van der Waals surface area (Å²) in [4.78, 5) is 123. The van der Waals surface area contributed by atoms with Crippen molar-refractivity contribution >= 4 is 74.9 Å². The van der Waals surface area contributed by atoms with Gasteiger partial charge >= 0.3 is 0 Å². The number of phenolic OH excluding ortho intramolecular Hbond substituents is 1. The van der Waals surface area contributed by atoms with Crippen molar-refractivity contribution in [2.75, 3.05) is 26.2 Å². The van der Waals surface area contributed by atoms with Gasteiger partial charge in [-0.15, -0.1) is 0 Å². The molecular formula is C64H79FN12O10. The molecule has 5 aromatic carbocycles. The van der Waals surface area contributed by atoms with Gasteiger partial charge in [-0.1, -0.05) is 98.8 Å². The number of H-pyrrole nitrogens is 1. The quantitative estimate of drug-likeness (QED) is 0.0176. The number of hydrogen-bond acceptors (Lipinski definition) is 11. The molecule has 0 saturated carbocycles. The zero-order valence-corrected chi connectivity index (χ0v) is 49.2. The normalized spacial score (nSPS) is 15.1. The fourth-order valence-corrected chi connectivity index (χ4v) is 10.7. The van der Waals surface area contributed by atoms with E-state index in [4.69, 9.17) is 11.5 Å². The Labute approximate surface area is 504 Å². The molecule has 14 N–H and O–H groups in total. The van der Waals surface area contributed by atoms with Crippen molar-refractivity contribution in [1.29, 1.82) is 0 Å². The van der Waals surface area contributed by atoms with Crippen LogP contribution in [0.4, 0.5) is 4.39 Å². The van der Waals surface area contributed by atoms with Crippen LogP contribution in [0.15, 0.2) is 126 Å². The molecule has 22 nitrogen and oxygen atoms in total.